The van der Waals surface area contributed by atoms with E-state index in [0.29, 0.717) is 10.6 Å². The van der Waals surface area contributed by atoms with Crippen molar-refractivity contribution in [3.63, 3.8) is 0 Å². The van der Waals surface area contributed by atoms with Crippen LogP contribution < -0.4 is 4.90 Å². The van der Waals surface area contributed by atoms with Crippen LogP contribution in [0.2, 0.25) is 5.02 Å². The molecule has 0 N–H and O–H groups in total. The fourth-order valence-electron chi connectivity index (χ4n) is 1.85. The highest BCUT2D eigenvalue weighted by atomic mass is 35.5. The minimum absolute atomic E-state index is 0.266. The van der Waals surface area contributed by atoms with Crippen LogP contribution in [-0.4, -0.2) is 21.8 Å². The van der Waals surface area contributed by atoms with Crippen molar-refractivity contribution < 1.29 is 9.59 Å². The van der Waals surface area contributed by atoms with Gasteiger partial charge in [-0.1, -0.05) is 23.7 Å². The minimum Gasteiger partial charge on any atom is -0.274 e. The van der Waals surface area contributed by atoms with E-state index in [-0.39, 0.29) is 5.82 Å². The Kier molecular flexibility index (Phi) is 4.10. The van der Waals surface area contributed by atoms with Crippen molar-refractivity contribution in [3.05, 3.63) is 41.8 Å². The molecule has 0 aliphatic carbocycles. The number of carbonyl (C=O) groups is 2. The number of rotatable bonds is 2. The Bertz CT molecular complexity index is 642. The molecule has 20 heavy (non-hydrogen) atoms. The number of hydrogen-bond donors (Lipinski definition) is 0. The first-order valence-corrected chi connectivity index (χ1v) is 6.25. The fourth-order valence-corrected chi connectivity index (χ4v) is 1.98. The topological polar surface area (TPSA) is 63.2 Å². The smallest absolute Gasteiger partial charge is 0.231 e. The predicted molar refractivity (Wildman–Crippen MR) is 76.3 cm³/mol. The molecule has 2 aromatic rings. The fraction of sp³-hybridized carbons (Fsp3) is 0.143. The van der Waals surface area contributed by atoms with E-state index in [1.54, 1.807) is 30.5 Å². The first-order chi connectivity index (χ1) is 9.50. The minimum atomic E-state index is -0.397. The molecule has 5 nitrogen and oxygen atoms in total. The molecule has 0 atom stereocenters. The summed E-state index contributed by atoms with van der Waals surface area (Å²) in [5.74, 6) is -0.528. The molecular formula is C14H12ClN3O2. The summed E-state index contributed by atoms with van der Waals surface area (Å²) in [5, 5.41) is 0.599. The number of benzene rings is 1. The molecule has 0 unspecified atom stereocenters. The van der Waals surface area contributed by atoms with E-state index in [0.717, 1.165) is 10.5 Å². The first-order valence-electron chi connectivity index (χ1n) is 5.88. The Morgan fingerprint density at radius 3 is 2.25 bits per heavy atom. The van der Waals surface area contributed by atoms with Gasteiger partial charge in [0.15, 0.2) is 5.82 Å². The Morgan fingerprint density at radius 2 is 1.70 bits per heavy atom. The highest BCUT2D eigenvalue weighted by Gasteiger charge is 2.21. The Labute approximate surface area is 121 Å². The van der Waals surface area contributed by atoms with Crippen LogP contribution in [0.1, 0.15) is 13.8 Å². The Balaban J connectivity index is 2.58. The second-order valence-electron chi connectivity index (χ2n) is 4.14. The molecule has 1 aromatic heterocycles. The van der Waals surface area contributed by atoms with Crippen molar-refractivity contribution in [2.24, 2.45) is 0 Å². The van der Waals surface area contributed by atoms with E-state index in [1.807, 2.05) is 0 Å². The van der Waals surface area contributed by atoms with Gasteiger partial charge in [0.25, 0.3) is 0 Å². The Hall–Kier alpha value is -2.27. The molecule has 2 amide bonds. The molecule has 0 bridgehead atoms. The van der Waals surface area contributed by atoms with Crippen molar-refractivity contribution >= 4 is 29.2 Å². The van der Waals surface area contributed by atoms with Gasteiger partial charge in [-0.05, 0) is 17.7 Å². The highest BCUT2D eigenvalue weighted by molar-refractivity contribution is 6.30. The van der Waals surface area contributed by atoms with Gasteiger partial charge in [-0.25, -0.2) is 14.9 Å². The van der Waals surface area contributed by atoms with E-state index in [2.05, 4.69) is 9.97 Å². The summed E-state index contributed by atoms with van der Waals surface area (Å²) in [7, 11) is 0. The van der Waals surface area contributed by atoms with E-state index in [1.165, 1.54) is 20.2 Å². The third-order valence-electron chi connectivity index (χ3n) is 2.69. The molecule has 0 aliphatic heterocycles. The SMILES string of the molecule is CC(=O)N(C(C)=O)c1ncncc1-c1ccc(Cl)cc1. The highest BCUT2D eigenvalue weighted by Crippen LogP contribution is 2.29. The van der Waals surface area contributed by atoms with Crippen molar-refractivity contribution in [1.82, 2.24) is 9.97 Å². The molecule has 0 radical (unpaired) electrons. The molecule has 0 fully saturated rings. The molecule has 1 heterocycles. The van der Waals surface area contributed by atoms with Crippen LogP contribution in [0.5, 0.6) is 0 Å². The molecule has 0 aliphatic rings. The molecule has 2 rings (SSSR count). The van der Waals surface area contributed by atoms with Crippen molar-refractivity contribution in [3.8, 4) is 11.1 Å². The maximum atomic E-state index is 11.6. The summed E-state index contributed by atoms with van der Waals surface area (Å²) in [6, 6.07) is 7.01. The summed E-state index contributed by atoms with van der Waals surface area (Å²) >= 11 is 5.85. The van der Waals surface area contributed by atoms with Gasteiger partial charge < -0.3 is 0 Å². The zero-order valence-corrected chi connectivity index (χ0v) is 11.8. The second-order valence-corrected chi connectivity index (χ2v) is 4.58. The van der Waals surface area contributed by atoms with Crippen LogP contribution in [0.3, 0.4) is 0 Å². The van der Waals surface area contributed by atoms with Gasteiger partial charge in [-0.2, -0.15) is 0 Å². The van der Waals surface area contributed by atoms with Crippen molar-refractivity contribution in [2.75, 3.05) is 4.90 Å². The second kappa shape index (κ2) is 5.79. The largest absolute Gasteiger partial charge is 0.274 e. The molecule has 0 saturated carbocycles. The van der Waals surface area contributed by atoms with Crippen LogP contribution in [0.15, 0.2) is 36.8 Å². The van der Waals surface area contributed by atoms with Gasteiger partial charge in [-0.3, -0.25) is 9.59 Å². The van der Waals surface area contributed by atoms with Crippen LogP contribution >= 0.6 is 11.6 Å². The van der Waals surface area contributed by atoms with E-state index < -0.39 is 11.8 Å². The maximum absolute atomic E-state index is 11.6. The molecule has 1 aromatic carbocycles. The zero-order chi connectivity index (χ0) is 14.7. The van der Waals surface area contributed by atoms with E-state index in [9.17, 15) is 9.59 Å². The first kappa shape index (κ1) is 14.1. The summed E-state index contributed by atoms with van der Waals surface area (Å²) in [4.78, 5) is 32.3. The van der Waals surface area contributed by atoms with Gasteiger partial charge in [-0.15, -0.1) is 0 Å². The lowest BCUT2D eigenvalue weighted by Gasteiger charge is -2.18. The average Bonchev–Trinajstić information content (AvgIpc) is 2.39. The number of anilines is 1. The molecular weight excluding hydrogens is 278 g/mol. The number of aromatic nitrogens is 2. The van der Waals surface area contributed by atoms with Crippen LogP contribution in [0.4, 0.5) is 5.82 Å². The monoisotopic (exact) mass is 289 g/mol. The van der Waals surface area contributed by atoms with Crippen LogP contribution in [0, 0.1) is 0 Å². The zero-order valence-electron chi connectivity index (χ0n) is 11.0. The van der Waals surface area contributed by atoms with E-state index in [4.69, 9.17) is 11.6 Å². The molecule has 0 spiro atoms. The predicted octanol–water partition coefficient (Wildman–Crippen LogP) is 2.70. The van der Waals surface area contributed by atoms with Crippen molar-refractivity contribution in [2.45, 2.75) is 13.8 Å². The number of amides is 2. The number of nitrogens with zero attached hydrogens (tertiary/aromatic N) is 3. The number of carbonyl (C=O) groups excluding carboxylic acids is 2. The molecule has 0 saturated heterocycles. The summed E-state index contributed by atoms with van der Waals surface area (Å²) in [6.45, 7) is 2.63. The quantitative estimate of drug-likeness (QED) is 0.853. The maximum Gasteiger partial charge on any atom is 0.231 e. The van der Waals surface area contributed by atoms with Gasteiger partial charge in [0.2, 0.25) is 11.8 Å². The van der Waals surface area contributed by atoms with Gasteiger partial charge in [0.05, 0.1) is 0 Å². The lowest BCUT2D eigenvalue weighted by atomic mass is 10.1. The normalized spacial score (nSPS) is 10.2. The van der Waals surface area contributed by atoms with Gasteiger partial charge >= 0.3 is 0 Å². The molecule has 102 valence electrons. The van der Waals surface area contributed by atoms with Crippen molar-refractivity contribution in [1.29, 1.82) is 0 Å². The third kappa shape index (κ3) is 2.83. The Morgan fingerprint density at radius 1 is 1.10 bits per heavy atom. The van der Waals surface area contributed by atoms with E-state index >= 15 is 0 Å². The van der Waals surface area contributed by atoms with Gasteiger partial charge in [0.1, 0.15) is 6.33 Å². The van der Waals surface area contributed by atoms with Crippen LogP contribution in [0.25, 0.3) is 11.1 Å². The number of halogens is 1. The molecule has 6 heteroatoms. The average molecular weight is 290 g/mol. The van der Waals surface area contributed by atoms with Crippen LogP contribution in [-0.2, 0) is 9.59 Å². The number of imide groups is 1. The third-order valence-corrected chi connectivity index (χ3v) is 2.94. The van der Waals surface area contributed by atoms with Gasteiger partial charge in [0, 0.05) is 30.6 Å². The summed E-state index contributed by atoms with van der Waals surface area (Å²) in [6.07, 6.45) is 2.86. The lowest BCUT2D eigenvalue weighted by Crippen LogP contribution is -2.34. The standard InChI is InChI=1S/C14H12ClN3O2/c1-9(19)18(10(2)20)14-13(7-16-8-17-14)11-3-5-12(15)6-4-11/h3-8H,1-2H3. The summed E-state index contributed by atoms with van der Waals surface area (Å²) < 4.78 is 0. The summed E-state index contributed by atoms with van der Waals surface area (Å²) in [5.41, 5.74) is 1.37. The lowest BCUT2D eigenvalue weighted by molar-refractivity contribution is -0.124. The number of hydrogen-bond acceptors (Lipinski definition) is 4.